The van der Waals surface area contributed by atoms with E-state index in [9.17, 15) is 29.4 Å². The molecule has 13 rings (SSSR count). The largest absolute Gasteiger partial charge is 0.481 e. The van der Waals surface area contributed by atoms with Crippen molar-refractivity contribution in [2.45, 2.75) is 133 Å². The molecule has 0 aromatic rings. The van der Waals surface area contributed by atoms with Gasteiger partial charge in [-0.2, -0.15) is 0 Å². The summed E-state index contributed by atoms with van der Waals surface area (Å²) in [4.78, 5) is 53.7. The number of carbonyl (C=O) groups is 4. The molecule has 0 aromatic carbocycles. The first-order valence-electron chi connectivity index (χ1n) is 20.5. The van der Waals surface area contributed by atoms with E-state index in [1.807, 2.05) is 0 Å². The van der Waals surface area contributed by atoms with Crippen molar-refractivity contribution in [2.24, 2.45) is 63.1 Å². The normalized spacial score (nSPS) is 52.1. The van der Waals surface area contributed by atoms with Crippen LogP contribution in [0.15, 0.2) is 12.2 Å². The second kappa shape index (κ2) is 11.3. The lowest BCUT2D eigenvalue weighted by atomic mass is 9.47. The van der Waals surface area contributed by atoms with Crippen LogP contribution in [0.3, 0.4) is 0 Å². The molecule has 1 aliphatic heterocycles. The smallest absolute Gasteiger partial charge is 0.333 e. The van der Waals surface area contributed by atoms with Crippen molar-refractivity contribution in [1.82, 2.24) is 0 Å². The minimum absolute atomic E-state index is 0.0363. The molecule has 12 aliphatic carbocycles. The summed E-state index contributed by atoms with van der Waals surface area (Å²) >= 11 is 0. The summed E-state index contributed by atoms with van der Waals surface area (Å²) in [7, 11) is 0. The molecule has 13 fully saturated rings. The number of carbonyl (C=O) groups excluding carboxylic acids is 3. The molecule has 6 unspecified atom stereocenters. The molecule has 53 heavy (non-hydrogen) atoms. The molecule has 1 spiro atoms. The van der Waals surface area contributed by atoms with E-state index in [4.69, 9.17) is 23.7 Å². The van der Waals surface area contributed by atoms with Gasteiger partial charge < -0.3 is 33.9 Å². The molecule has 11 heteroatoms. The number of carboxylic acids is 1. The zero-order valence-electron chi connectivity index (χ0n) is 31.2. The van der Waals surface area contributed by atoms with E-state index in [0.29, 0.717) is 61.9 Å². The van der Waals surface area contributed by atoms with Crippen LogP contribution in [0.25, 0.3) is 0 Å². The molecular formula is C42H56O11. The van der Waals surface area contributed by atoms with E-state index in [1.54, 1.807) is 6.92 Å². The highest BCUT2D eigenvalue weighted by molar-refractivity contribution is 5.87. The predicted octanol–water partition coefficient (Wildman–Crippen LogP) is 5.50. The summed E-state index contributed by atoms with van der Waals surface area (Å²) < 4.78 is 32.4. The molecule has 13 aliphatic rings. The SMILES string of the molecule is C=C(C)C(=O)OC12CC3CC(C1)CC(C(=O)OCC1(COC(=O)C45CC6CC(CC(O)(C6)C4)C5)COC4(OC1)C1CC5CC4CC(C(=O)O)(C5)C1)(C3)C2. The zero-order chi connectivity index (χ0) is 36.8. The van der Waals surface area contributed by atoms with Gasteiger partial charge in [0.15, 0.2) is 5.79 Å². The Morgan fingerprint density at radius 3 is 1.64 bits per heavy atom. The first-order chi connectivity index (χ1) is 25.1. The van der Waals surface area contributed by atoms with Crippen molar-refractivity contribution in [3.05, 3.63) is 12.2 Å². The van der Waals surface area contributed by atoms with Gasteiger partial charge in [0, 0.05) is 23.8 Å². The number of hydrogen-bond donors (Lipinski definition) is 2. The van der Waals surface area contributed by atoms with Crippen LogP contribution in [0.2, 0.25) is 0 Å². The summed E-state index contributed by atoms with van der Waals surface area (Å²) in [6.07, 6.45) is 12.4. The molecule has 1 saturated heterocycles. The number of aliphatic hydroxyl groups is 1. The lowest BCUT2D eigenvalue weighted by molar-refractivity contribution is -0.391. The fraction of sp³-hybridized carbons (Fsp3) is 0.857. The van der Waals surface area contributed by atoms with Crippen molar-refractivity contribution in [3.63, 3.8) is 0 Å². The van der Waals surface area contributed by atoms with Gasteiger partial charge in [-0.15, -0.1) is 0 Å². The number of rotatable bonds is 9. The van der Waals surface area contributed by atoms with Gasteiger partial charge >= 0.3 is 23.9 Å². The summed E-state index contributed by atoms with van der Waals surface area (Å²) in [6.45, 7) is 5.66. The molecule has 290 valence electrons. The van der Waals surface area contributed by atoms with E-state index >= 15 is 0 Å². The Bertz CT molecular complexity index is 1590. The molecule has 2 N–H and O–H groups in total. The van der Waals surface area contributed by atoms with Crippen molar-refractivity contribution in [1.29, 1.82) is 0 Å². The minimum Gasteiger partial charge on any atom is -0.481 e. The Labute approximate surface area is 311 Å². The molecule has 0 amide bonds. The van der Waals surface area contributed by atoms with Crippen LogP contribution in [0.4, 0.5) is 0 Å². The third-order valence-electron chi connectivity index (χ3n) is 16.6. The van der Waals surface area contributed by atoms with Gasteiger partial charge in [0.2, 0.25) is 0 Å². The van der Waals surface area contributed by atoms with Crippen LogP contribution in [-0.2, 0) is 42.9 Å². The van der Waals surface area contributed by atoms with E-state index in [1.165, 1.54) is 0 Å². The fourth-order valence-corrected chi connectivity index (χ4v) is 15.5. The van der Waals surface area contributed by atoms with E-state index in [2.05, 4.69) is 6.58 Å². The van der Waals surface area contributed by atoms with Crippen LogP contribution in [-0.4, -0.2) is 77.5 Å². The molecule has 6 atom stereocenters. The lowest BCUT2D eigenvalue weighted by Crippen LogP contribution is -2.68. The maximum absolute atomic E-state index is 14.4. The third-order valence-corrected chi connectivity index (χ3v) is 16.6. The Hall–Kier alpha value is -2.50. The maximum atomic E-state index is 14.4. The number of aliphatic carboxylic acids is 1. The van der Waals surface area contributed by atoms with Gasteiger partial charge in [0.25, 0.3) is 0 Å². The van der Waals surface area contributed by atoms with Crippen LogP contribution in [0, 0.1) is 63.1 Å². The third kappa shape index (κ3) is 5.28. The van der Waals surface area contributed by atoms with Crippen molar-refractivity contribution < 1.29 is 53.1 Å². The summed E-state index contributed by atoms with van der Waals surface area (Å²) in [5.74, 6) is -1.11. The van der Waals surface area contributed by atoms with Gasteiger partial charge in [-0.1, -0.05) is 6.58 Å². The van der Waals surface area contributed by atoms with Crippen LogP contribution in [0.1, 0.15) is 116 Å². The Balaban J connectivity index is 0.886. The second-order valence-corrected chi connectivity index (χ2v) is 20.9. The fourth-order valence-electron chi connectivity index (χ4n) is 15.5. The number of hydrogen-bond acceptors (Lipinski definition) is 10. The molecular weight excluding hydrogens is 680 g/mol. The highest BCUT2D eigenvalue weighted by Crippen LogP contribution is 2.67. The van der Waals surface area contributed by atoms with Crippen LogP contribution in [0.5, 0.6) is 0 Å². The standard InChI is InChI=1S/C42H56O11/c1-24(2)32(43)53-41-14-28-4-29(15-41)11-39(10-28,19-41)35(47)50-21-36(20-49-34(46)38-8-26-3-27(9-38)13-40(48,12-26)18-38)22-51-42(52-23-36)30-5-25-6-31(42)17-37(7-25,16-30)33(44)45/h25-31,48H,1,3-23H2,2H3,(H,44,45). The highest BCUT2D eigenvalue weighted by Gasteiger charge is 2.69. The van der Waals surface area contributed by atoms with Gasteiger partial charge in [-0.25, -0.2) is 4.79 Å². The number of carboxylic acid groups (broad SMARTS) is 1. The van der Waals surface area contributed by atoms with Gasteiger partial charge in [-0.05, 0) is 139 Å². The summed E-state index contributed by atoms with van der Waals surface area (Å²) in [5, 5.41) is 21.6. The molecule has 12 bridgehead atoms. The Kier molecular flexibility index (Phi) is 7.45. The highest BCUT2D eigenvalue weighted by atomic mass is 16.7. The average molecular weight is 737 g/mol. The monoisotopic (exact) mass is 736 g/mol. The van der Waals surface area contributed by atoms with Gasteiger partial charge in [0.05, 0.1) is 40.5 Å². The average Bonchev–Trinajstić information content (AvgIpc) is 3.07. The lowest BCUT2D eigenvalue weighted by Gasteiger charge is -2.64. The zero-order valence-corrected chi connectivity index (χ0v) is 31.2. The Morgan fingerprint density at radius 1 is 0.660 bits per heavy atom. The number of esters is 3. The van der Waals surface area contributed by atoms with Gasteiger partial charge in [-0.3, -0.25) is 14.4 Å². The minimum atomic E-state index is -0.957. The quantitative estimate of drug-likeness (QED) is 0.175. The van der Waals surface area contributed by atoms with E-state index in [0.717, 1.165) is 70.6 Å². The Morgan fingerprint density at radius 2 is 1.15 bits per heavy atom. The topological polar surface area (TPSA) is 155 Å². The predicted molar refractivity (Wildman–Crippen MR) is 185 cm³/mol. The first kappa shape index (κ1) is 35.0. The molecule has 0 aromatic heterocycles. The summed E-state index contributed by atoms with van der Waals surface area (Å²) in [6, 6.07) is 0. The number of ether oxygens (including phenoxy) is 5. The van der Waals surface area contributed by atoms with E-state index < -0.39 is 50.6 Å². The van der Waals surface area contributed by atoms with Gasteiger partial charge in [0.1, 0.15) is 18.8 Å². The molecule has 0 radical (unpaired) electrons. The van der Waals surface area contributed by atoms with Crippen molar-refractivity contribution in [2.75, 3.05) is 26.4 Å². The van der Waals surface area contributed by atoms with E-state index in [-0.39, 0.29) is 62.0 Å². The molecule has 1 heterocycles. The molecule has 11 nitrogen and oxygen atoms in total. The maximum Gasteiger partial charge on any atom is 0.333 e. The second-order valence-electron chi connectivity index (χ2n) is 20.9. The first-order valence-corrected chi connectivity index (χ1v) is 20.5. The molecule has 12 saturated carbocycles. The van der Waals surface area contributed by atoms with Crippen molar-refractivity contribution >= 4 is 23.9 Å². The summed E-state index contributed by atoms with van der Waals surface area (Å²) in [5.41, 5.74) is -4.27. The van der Waals surface area contributed by atoms with Crippen LogP contribution < -0.4 is 0 Å². The van der Waals surface area contributed by atoms with Crippen molar-refractivity contribution in [3.8, 4) is 0 Å². The van der Waals surface area contributed by atoms with Crippen LogP contribution >= 0.6 is 0 Å².